The number of amides is 1. The third kappa shape index (κ3) is 4.41. The summed E-state index contributed by atoms with van der Waals surface area (Å²) in [6.45, 7) is 1.72. The molecule has 4 nitrogen and oxygen atoms in total. The maximum Gasteiger partial charge on any atom is 0.407 e. The largest absolute Gasteiger partial charge is 0.465 e. The molecule has 0 unspecified atom stereocenters. The Kier molecular flexibility index (Phi) is 4.98. The second-order valence-corrected chi connectivity index (χ2v) is 4.62. The van der Waals surface area contributed by atoms with Crippen molar-refractivity contribution in [3.05, 3.63) is 42.0 Å². The lowest BCUT2D eigenvalue weighted by molar-refractivity contribution is 0.0244. The number of ether oxygens (including phenoxy) is 1. The molecule has 0 aromatic heterocycles. The zero-order valence-corrected chi connectivity index (χ0v) is 10.9. The summed E-state index contributed by atoms with van der Waals surface area (Å²) >= 11 is 0. The molecule has 1 aliphatic rings. The van der Waals surface area contributed by atoms with Gasteiger partial charge in [0.1, 0.15) is 0 Å². The second kappa shape index (κ2) is 6.95. The van der Waals surface area contributed by atoms with Crippen molar-refractivity contribution in [1.29, 1.82) is 0 Å². The van der Waals surface area contributed by atoms with Gasteiger partial charge in [-0.15, -0.1) is 0 Å². The first kappa shape index (κ1) is 13.6. The molecule has 1 amide bonds. The summed E-state index contributed by atoms with van der Waals surface area (Å²) in [6, 6.07) is 10.1. The molecule has 4 heteroatoms. The van der Waals surface area contributed by atoms with E-state index in [9.17, 15) is 4.79 Å². The van der Waals surface area contributed by atoms with Gasteiger partial charge in [-0.1, -0.05) is 42.5 Å². The molecule has 1 heterocycles. The summed E-state index contributed by atoms with van der Waals surface area (Å²) in [5.41, 5.74) is 1.16. The average molecular weight is 261 g/mol. The van der Waals surface area contributed by atoms with Crippen LogP contribution in [0, 0.1) is 0 Å². The van der Waals surface area contributed by atoms with E-state index in [0.29, 0.717) is 19.7 Å². The van der Waals surface area contributed by atoms with Crippen LogP contribution in [-0.4, -0.2) is 41.9 Å². The van der Waals surface area contributed by atoms with E-state index in [2.05, 4.69) is 0 Å². The van der Waals surface area contributed by atoms with Crippen LogP contribution >= 0.6 is 0 Å². The number of hydrogen-bond donors (Lipinski definition) is 1. The highest BCUT2D eigenvalue weighted by atomic mass is 16.5. The number of rotatable bonds is 4. The van der Waals surface area contributed by atoms with Crippen molar-refractivity contribution in [2.24, 2.45) is 0 Å². The molecule has 0 radical (unpaired) electrons. The quantitative estimate of drug-likeness (QED) is 0.906. The Bertz CT molecular complexity index is 422. The normalized spacial score (nSPS) is 16.9. The van der Waals surface area contributed by atoms with Gasteiger partial charge in [0.05, 0.1) is 12.7 Å². The number of carbonyl (C=O) groups is 1. The van der Waals surface area contributed by atoms with E-state index in [4.69, 9.17) is 9.84 Å². The van der Waals surface area contributed by atoms with Gasteiger partial charge < -0.3 is 14.7 Å². The average Bonchev–Trinajstić information content (AvgIpc) is 2.45. The minimum atomic E-state index is -0.831. The summed E-state index contributed by atoms with van der Waals surface area (Å²) < 4.78 is 5.73. The Morgan fingerprint density at radius 3 is 2.63 bits per heavy atom. The van der Waals surface area contributed by atoms with Crippen LogP contribution in [0.25, 0.3) is 6.08 Å². The zero-order chi connectivity index (χ0) is 13.5. The summed E-state index contributed by atoms with van der Waals surface area (Å²) in [4.78, 5) is 12.2. The molecule has 102 valence electrons. The molecule has 1 N–H and O–H groups in total. The Labute approximate surface area is 113 Å². The minimum Gasteiger partial charge on any atom is -0.465 e. The molecule has 0 saturated carbocycles. The summed E-state index contributed by atoms with van der Waals surface area (Å²) in [6.07, 6.45) is 4.95. The monoisotopic (exact) mass is 261 g/mol. The molecule has 1 saturated heterocycles. The van der Waals surface area contributed by atoms with E-state index in [1.807, 2.05) is 42.5 Å². The SMILES string of the molecule is O=C(O)N1CCC(OCC=Cc2ccccc2)CC1. The first-order chi connectivity index (χ1) is 9.25. The topological polar surface area (TPSA) is 49.8 Å². The molecular weight excluding hydrogens is 242 g/mol. The van der Waals surface area contributed by atoms with Gasteiger partial charge in [0, 0.05) is 13.1 Å². The molecule has 1 aromatic rings. The number of nitrogens with zero attached hydrogens (tertiary/aromatic N) is 1. The number of hydrogen-bond acceptors (Lipinski definition) is 2. The van der Waals surface area contributed by atoms with Crippen LogP contribution in [0.2, 0.25) is 0 Å². The summed E-state index contributed by atoms with van der Waals surface area (Å²) in [5.74, 6) is 0. The molecule has 1 fully saturated rings. The molecule has 0 atom stereocenters. The van der Waals surface area contributed by atoms with E-state index in [0.717, 1.165) is 18.4 Å². The van der Waals surface area contributed by atoms with E-state index >= 15 is 0 Å². The van der Waals surface area contributed by atoms with Crippen molar-refractivity contribution in [2.45, 2.75) is 18.9 Å². The molecule has 0 bridgehead atoms. The predicted molar refractivity (Wildman–Crippen MR) is 74.0 cm³/mol. The highest BCUT2D eigenvalue weighted by Gasteiger charge is 2.22. The maximum absolute atomic E-state index is 10.8. The molecule has 0 aliphatic carbocycles. The van der Waals surface area contributed by atoms with Crippen LogP contribution < -0.4 is 0 Å². The smallest absolute Gasteiger partial charge is 0.407 e. The lowest BCUT2D eigenvalue weighted by atomic mass is 10.1. The first-order valence-electron chi connectivity index (χ1n) is 6.57. The van der Waals surface area contributed by atoms with Crippen LogP contribution in [-0.2, 0) is 4.74 Å². The number of piperidine rings is 1. The van der Waals surface area contributed by atoms with E-state index in [-0.39, 0.29) is 6.10 Å². The molecule has 2 rings (SSSR count). The number of benzene rings is 1. The third-order valence-corrected chi connectivity index (χ3v) is 3.25. The Morgan fingerprint density at radius 2 is 2.00 bits per heavy atom. The third-order valence-electron chi connectivity index (χ3n) is 3.25. The van der Waals surface area contributed by atoms with Gasteiger partial charge >= 0.3 is 6.09 Å². The standard InChI is InChI=1S/C15H19NO3/c17-15(18)16-10-8-14(9-11-16)19-12-4-7-13-5-2-1-3-6-13/h1-7,14H,8-12H2,(H,17,18). The lowest BCUT2D eigenvalue weighted by Gasteiger charge is -2.29. The van der Waals surface area contributed by atoms with E-state index in [1.54, 1.807) is 0 Å². The fourth-order valence-corrected chi connectivity index (χ4v) is 2.15. The molecule has 1 aromatic carbocycles. The molecule has 0 spiro atoms. The van der Waals surface area contributed by atoms with Crippen molar-refractivity contribution in [1.82, 2.24) is 4.90 Å². The molecule has 19 heavy (non-hydrogen) atoms. The lowest BCUT2D eigenvalue weighted by Crippen LogP contribution is -2.40. The van der Waals surface area contributed by atoms with Crippen molar-refractivity contribution in [2.75, 3.05) is 19.7 Å². The minimum absolute atomic E-state index is 0.177. The number of carboxylic acid groups (broad SMARTS) is 1. The van der Waals surface area contributed by atoms with Crippen LogP contribution in [0.15, 0.2) is 36.4 Å². The van der Waals surface area contributed by atoms with Gasteiger partial charge in [-0.2, -0.15) is 0 Å². The van der Waals surface area contributed by atoms with Crippen LogP contribution in [0.3, 0.4) is 0 Å². The van der Waals surface area contributed by atoms with E-state index < -0.39 is 6.09 Å². The van der Waals surface area contributed by atoms with Crippen molar-refractivity contribution < 1.29 is 14.6 Å². The fourth-order valence-electron chi connectivity index (χ4n) is 2.15. The van der Waals surface area contributed by atoms with Crippen molar-refractivity contribution in [3.63, 3.8) is 0 Å². The molecule has 1 aliphatic heterocycles. The van der Waals surface area contributed by atoms with Gasteiger partial charge in [-0.3, -0.25) is 0 Å². The van der Waals surface area contributed by atoms with E-state index in [1.165, 1.54) is 4.90 Å². The highest BCUT2D eigenvalue weighted by Crippen LogP contribution is 2.13. The Hall–Kier alpha value is -1.81. The van der Waals surface area contributed by atoms with Gasteiger partial charge in [0.25, 0.3) is 0 Å². The fraction of sp³-hybridized carbons (Fsp3) is 0.400. The Balaban J connectivity index is 1.67. The maximum atomic E-state index is 10.8. The zero-order valence-electron chi connectivity index (χ0n) is 10.9. The second-order valence-electron chi connectivity index (χ2n) is 4.62. The van der Waals surface area contributed by atoms with Crippen LogP contribution in [0.1, 0.15) is 18.4 Å². The van der Waals surface area contributed by atoms with Crippen LogP contribution in [0.4, 0.5) is 4.79 Å². The summed E-state index contributed by atoms with van der Waals surface area (Å²) in [7, 11) is 0. The van der Waals surface area contributed by atoms with Gasteiger partial charge in [0.15, 0.2) is 0 Å². The highest BCUT2D eigenvalue weighted by molar-refractivity contribution is 5.65. The number of likely N-dealkylation sites (tertiary alicyclic amines) is 1. The van der Waals surface area contributed by atoms with Gasteiger partial charge in [-0.05, 0) is 18.4 Å². The van der Waals surface area contributed by atoms with Crippen LogP contribution in [0.5, 0.6) is 0 Å². The van der Waals surface area contributed by atoms with Crippen molar-refractivity contribution >= 4 is 12.2 Å². The van der Waals surface area contributed by atoms with Gasteiger partial charge in [-0.25, -0.2) is 4.79 Å². The van der Waals surface area contributed by atoms with Crippen molar-refractivity contribution in [3.8, 4) is 0 Å². The molecular formula is C15H19NO3. The summed E-state index contributed by atoms with van der Waals surface area (Å²) in [5, 5.41) is 8.84. The van der Waals surface area contributed by atoms with Gasteiger partial charge in [0.2, 0.25) is 0 Å². The Morgan fingerprint density at radius 1 is 1.32 bits per heavy atom. The first-order valence-corrected chi connectivity index (χ1v) is 6.57. The predicted octanol–water partition coefficient (Wildman–Crippen LogP) is 2.86.